The first-order chi connectivity index (χ1) is 10.2. The van der Waals surface area contributed by atoms with Gasteiger partial charge in [0, 0.05) is 11.9 Å². The van der Waals surface area contributed by atoms with Crippen molar-refractivity contribution in [3.05, 3.63) is 43.7 Å². The van der Waals surface area contributed by atoms with E-state index in [1.165, 1.54) is 0 Å². The summed E-state index contributed by atoms with van der Waals surface area (Å²) in [4.78, 5) is 11.9. The first-order valence-electron chi connectivity index (χ1n) is 6.63. The van der Waals surface area contributed by atoms with Gasteiger partial charge in [0.1, 0.15) is 13.2 Å². The number of fused-ring (bicyclic) bond motifs is 1. The third-order valence-electron chi connectivity index (χ3n) is 3.14. The molecule has 1 aromatic heterocycles. The molecule has 0 spiro atoms. The second kappa shape index (κ2) is 6.65. The summed E-state index contributed by atoms with van der Waals surface area (Å²) in [5, 5.41) is 4.81. The van der Waals surface area contributed by atoms with Crippen molar-refractivity contribution in [3.63, 3.8) is 0 Å². The summed E-state index contributed by atoms with van der Waals surface area (Å²) in [7, 11) is 0. The average molecular weight is 415 g/mol. The topological polar surface area (TPSA) is 47.6 Å². The van der Waals surface area contributed by atoms with Crippen LogP contribution in [0, 0.1) is 2.88 Å². The predicted octanol–water partition coefficient (Wildman–Crippen LogP) is 3.10. The minimum Gasteiger partial charge on any atom is -0.486 e. The zero-order valence-electron chi connectivity index (χ0n) is 11.2. The normalized spacial score (nSPS) is 13.0. The van der Waals surface area contributed by atoms with Gasteiger partial charge in [0.05, 0.1) is 8.45 Å². The van der Waals surface area contributed by atoms with E-state index in [9.17, 15) is 4.79 Å². The maximum absolute atomic E-state index is 11.9. The molecule has 3 rings (SSSR count). The highest BCUT2D eigenvalue weighted by Crippen LogP contribution is 2.30. The summed E-state index contributed by atoms with van der Waals surface area (Å²) in [6.07, 6.45) is 0.767. The molecule has 0 bridgehead atoms. The number of ether oxygens (including phenoxy) is 2. The van der Waals surface area contributed by atoms with Crippen molar-refractivity contribution in [1.82, 2.24) is 5.32 Å². The average Bonchev–Trinajstić information content (AvgIpc) is 2.94. The molecule has 21 heavy (non-hydrogen) atoms. The van der Waals surface area contributed by atoms with Gasteiger partial charge < -0.3 is 14.8 Å². The number of hydrogen-bond donors (Lipinski definition) is 1. The van der Waals surface area contributed by atoms with Gasteiger partial charge in [-0.2, -0.15) is 0 Å². The summed E-state index contributed by atoms with van der Waals surface area (Å²) in [6.45, 7) is 1.79. The summed E-state index contributed by atoms with van der Waals surface area (Å²) >= 11 is 3.79. The molecule has 2 heterocycles. The summed E-state index contributed by atoms with van der Waals surface area (Å²) in [6, 6.07) is 7.80. The highest BCUT2D eigenvalue weighted by atomic mass is 127. The number of hydrogen-bond acceptors (Lipinski definition) is 4. The molecule has 1 aromatic carbocycles. The predicted molar refractivity (Wildman–Crippen MR) is 90.5 cm³/mol. The fourth-order valence-electron chi connectivity index (χ4n) is 2.09. The summed E-state index contributed by atoms with van der Waals surface area (Å²) in [5.41, 5.74) is 1.85. The Morgan fingerprint density at radius 1 is 1.24 bits per heavy atom. The molecule has 0 aliphatic carbocycles. The Kier molecular flexibility index (Phi) is 4.64. The van der Waals surface area contributed by atoms with E-state index < -0.39 is 0 Å². The van der Waals surface area contributed by atoms with E-state index in [0.717, 1.165) is 31.9 Å². The molecule has 1 aliphatic rings. The molecule has 0 unspecified atom stereocenters. The first-order valence-corrected chi connectivity index (χ1v) is 8.59. The Hall–Kier alpha value is -1.28. The number of halogens is 1. The summed E-state index contributed by atoms with van der Waals surface area (Å²) in [5.74, 6) is 1.56. The number of amides is 1. The lowest BCUT2D eigenvalue weighted by molar-refractivity contribution is 0.0954. The number of rotatable bonds is 4. The minimum atomic E-state index is -0.0216. The van der Waals surface area contributed by atoms with Crippen LogP contribution in [0.5, 0.6) is 11.5 Å². The monoisotopic (exact) mass is 415 g/mol. The van der Waals surface area contributed by atoms with E-state index in [1.54, 1.807) is 11.3 Å². The molecule has 4 nitrogen and oxygen atoms in total. The Bertz CT molecular complexity index is 656. The molecule has 0 saturated heterocycles. The molecule has 1 aliphatic heterocycles. The van der Waals surface area contributed by atoms with E-state index in [1.807, 2.05) is 29.6 Å². The van der Waals surface area contributed by atoms with Crippen LogP contribution >= 0.6 is 33.9 Å². The van der Waals surface area contributed by atoms with Gasteiger partial charge in [0.2, 0.25) is 0 Å². The van der Waals surface area contributed by atoms with E-state index in [2.05, 4.69) is 27.9 Å². The minimum absolute atomic E-state index is 0.0216. The van der Waals surface area contributed by atoms with Crippen LogP contribution in [0.2, 0.25) is 0 Å². The third-order valence-corrected chi connectivity index (χ3v) is 4.92. The van der Waals surface area contributed by atoms with Crippen LogP contribution in [0.4, 0.5) is 0 Å². The maximum atomic E-state index is 11.9. The van der Waals surface area contributed by atoms with Gasteiger partial charge in [-0.25, -0.2) is 0 Å². The van der Waals surface area contributed by atoms with Gasteiger partial charge in [-0.3, -0.25) is 4.79 Å². The largest absolute Gasteiger partial charge is 0.486 e. The van der Waals surface area contributed by atoms with Crippen LogP contribution in [-0.2, 0) is 6.42 Å². The number of benzene rings is 1. The molecule has 0 fully saturated rings. The maximum Gasteiger partial charge on any atom is 0.252 e. The van der Waals surface area contributed by atoms with E-state index in [0.29, 0.717) is 19.8 Å². The van der Waals surface area contributed by atoms with Gasteiger partial charge in [0.25, 0.3) is 5.91 Å². The molecule has 1 amide bonds. The number of carbonyl (C=O) groups excluding carboxylic acids is 1. The van der Waals surface area contributed by atoms with Crippen molar-refractivity contribution < 1.29 is 14.3 Å². The number of nitrogens with one attached hydrogen (secondary N) is 1. The molecule has 2 aromatic rings. The Morgan fingerprint density at radius 2 is 2.05 bits per heavy atom. The molecule has 110 valence electrons. The van der Waals surface area contributed by atoms with Crippen LogP contribution < -0.4 is 14.8 Å². The molecular formula is C15H14INO3S. The fourth-order valence-corrected chi connectivity index (χ4v) is 3.42. The van der Waals surface area contributed by atoms with Gasteiger partial charge in [0.15, 0.2) is 11.5 Å². The van der Waals surface area contributed by atoms with Crippen molar-refractivity contribution in [1.29, 1.82) is 0 Å². The van der Waals surface area contributed by atoms with E-state index in [4.69, 9.17) is 9.47 Å². The van der Waals surface area contributed by atoms with Crippen LogP contribution in [-0.4, -0.2) is 25.7 Å². The molecular weight excluding hydrogens is 401 g/mol. The lowest BCUT2D eigenvalue weighted by atomic mass is 10.1. The van der Waals surface area contributed by atoms with Crippen molar-refractivity contribution in [2.24, 2.45) is 0 Å². The van der Waals surface area contributed by atoms with Crippen molar-refractivity contribution >= 4 is 39.8 Å². The highest BCUT2D eigenvalue weighted by Gasteiger charge is 2.12. The Morgan fingerprint density at radius 3 is 2.81 bits per heavy atom. The SMILES string of the molecule is O=C(NCCc1ccc2c(c1)OCCO2)c1csc(I)c1. The quantitative estimate of drug-likeness (QED) is 0.781. The Labute approximate surface area is 140 Å². The lowest BCUT2D eigenvalue weighted by Gasteiger charge is -2.18. The second-order valence-electron chi connectivity index (χ2n) is 4.62. The lowest BCUT2D eigenvalue weighted by Crippen LogP contribution is -2.25. The smallest absolute Gasteiger partial charge is 0.252 e. The molecule has 0 radical (unpaired) electrons. The summed E-state index contributed by atoms with van der Waals surface area (Å²) < 4.78 is 12.2. The molecule has 1 N–H and O–H groups in total. The zero-order chi connectivity index (χ0) is 14.7. The van der Waals surface area contributed by atoms with Gasteiger partial charge in [-0.1, -0.05) is 6.07 Å². The molecule has 6 heteroatoms. The number of carbonyl (C=O) groups is 1. The van der Waals surface area contributed by atoms with Crippen LogP contribution in [0.3, 0.4) is 0 Å². The van der Waals surface area contributed by atoms with Crippen LogP contribution in [0.25, 0.3) is 0 Å². The Balaban J connectivity index is 1.54. The molecule has 0 saturated carbocycles. The standard InChI is InChI=1S/C15H14INO3S/c16-14-8-11(9-21-14)15(18)17-4-3-10-1-2-12-13(7-10)20-6-5-19-12/h1-2,7-9H,3-6H2,(H,17,18). The number of thiophene rings is 1. The van der Waals surface area contributed by atoms with Crippen LogP contribution in [0.1, 0.15) is 15.9 Å². The van der Waals surface area contributed by atoms with Crippen molar-refractivity contribution in [3.8, 4) is 11.5 Å². The van der Waals surface area contributed by atoms with Gasteiger partial charge >= 0.3 is 0 Å². The first kappa shape index (κ1) is 14.6. The second-order valence-corrected chi connectivity index (χ2v) is 7.43. The van der Waals surface area contributed by atoms with E-state index >= 15 is 0 Å². The van der Waals surface area contributed by atoms with Crippen molar-refractivity contribution in [2.75, 3.05) is 19.8 Å². The zero-order valence-corrected chi connectivity index (χ0v) is 14.2. The van der Waals surface area contributed by atoms with Gasteiger partial charge in [-0.15, -0.1) is 11.3 Å². The highest BCUT2D eigenvalue weighted by molar-refractivity contribution is 14.1. The van der Waals surface area contributed by atoms with Crippen LogP contribution in [0.15, 0.2) is 29.6 Å². The van der Waals surface area contributed by atoms with Gasteiger partial charge in [-0.05, 0) is 52.8 Å². The fraction of sp³-hybridized carbons (Fsp3) is 0.267. The third kappa shape index (κ3) is 3.68. The van der Waals surface area contributed by atoms with E-state index in [-0.39, 0.29) is 5.91 Å². The van der Waals surface area contributed by atoms with Crippen molar-refractivity contribution in [2.45, 2.75) is 6.42 Å². The molecule has 0 atom stereocenters.